The lowest BCUT2D eigenvalue weighted by molar-refractivity contribution is 0.409. The van der Waals surface area contributed by atoms with Gasteiger partial charge in [0.1, 0.15) is 5.75 Å². The van der Waals surface area contributed by atoms with Crippen LogP contribution in [0.5, 0.6) is 5.75 Å². The summed E-state index contributed by atoms with van der Waals surface area (Å²) in [5.74, 6) is 0.844. The second-order valence-electron chi connectivity index (χ2n) is 3.04. The van der Waals surface area contributed by atoms with Gasteiger partial charge in [-0.05, 0) is 25.0 Å². The summed E-state index contributed by atoms with van der Waals surface area (Å²) in [6.07, 6.45) is 2.23. The Morgan fingerprint density at radius 1 is 1.50 bits per heavy atom. The highest BCUT2D eigenvalue weighted by Crippen LogP contribution is 2.19. The Labute approximate surface area is 83.4 Å². The van der Waals surface area contributed by atoms with Crippen LogP contribution in [-0.4, -0.2) is 19.7 Å². The number of carbonyl (C=O) groups excluding carboxylic acids is 1. The summed E-state index contributed by atoms with van der Waals surface area (Å²) in [5.41, 5.74) is 2.25. The van der Waals surface area contributed by atoms with Gasteiger partial charge in [-0.1, -0.05) is 17.7 Å². The van der Waals surface area contributed by atoms with Crippen LogP contribution in [0.25, 0.3) is 0 Å². The van der Waals surface area contributed by atoms with Crippen LogP contribution in [0.2, 0.25) is 0 Å². The van der Waals surface area contributed by atoms with Crippen molar-refractivity contribution >= 4 is 6.08 Å². The molecule has 1 aromatic carbocycles. The van der Waals surface area contributed by atoms with Gasteiger partial charge in [-0.25, -0.2) is 9.79 Å². The molecule has 3 nitrogen and oxygen atoms in total. The fraction of sp³-hybridized carbons (Fsp3) is 0.364. The molecule has 0 bridgehead atoms. The van der Waals surface area contributed by atoms with Crippen molar-refractivity contribution in [3.63, 3.8) is 0 Å². The minimum absolute atomic E-state index is 0.462. The Morgan fingerprint density at radius 2 is 2.29 bits per heavy atom. The lowest BCUT2D eigenvalue weighted by Crippen LogP contribution is -1.95. The van der Waals surface area contributed by atoms with E-state index in [1.165, 1.54) is 11.6 Å². The van der Waals surface area contributed by atoms with E-state index in [0.29, 0.717) is 13.0 Å². The lowest BCUT2D eigenvalue weighted by atomic mass is 10.1. The van der Waals surface area contributed by atoms with E-state index < -0.39 is 0 Å². The van der Waals surface area contributed by atoms with E-state index >= 15 is 0 Å². The van der Waals surface area contributed by atoms with Crippen molar-refractivity contribution in [2.45, 2.75) is 13.3 Å². The van der Waals surface area contributed by atoms with Crippen LogP contribution < -0.4 is 4.74 Å². The number of ether oxygens (including phenoxy) is 1. The molecule has 0 saturated heterocycles. The molecule has 0 aliphatic carbocycles. The molecule has 0 spiro atoms. The van der Waals surface area contributed by atoms with E-state index in [1.54, 1.807) is 7.11 Å². The third kappa shape index (κ3) is 2.71. The Morgan fingerprint density at radius 3 is 2.93 bits per heavy atom. The fourth-order valence-electron chi connectivity index (χ4n) is 1.32. The fourth-order valence-corrected chi connectivity index (χ4v) is 1.32. The van der Waals surface area contributed by atoms with Crippen LogP contribution in [0.4, 0.5) is 0 Å². The molecule has 0 radical (unpaired) electrons. The van der Waals surface area contributed by atoms with Crippen molar-refractivity contribution in [2.75, 3.05) is 13.7 Å². The Hall–Kier alpha value is -1.60. The van der Waals surface area contributed by atoms with E-state index in [9.17, 15) is 4.79 Å². The molecule has 0 aliphatic heterocycles. The van der Waals surface area contributed by atoms with Gasteiger partial charge in [0.25, 0.3) is 0 Å². The van der Waals surface area contributed by atoms with Crippen LogP contribution in [0.1, 0.15) is 11.1 Å². The summed E-state index contributed by atoms with van der Waals surface area (Å²) >= 11 is 0. The van der Waals surface area contributed by atoms with Gasteiger partial charge in [-0.15, -0.1) is 0 Å². The molecular formula is C11H13NO2. The average molecular weight is 191 g/mol. The second-order valence-corrected chi connectivity index (χ2v) is 3.04. The van der Waals surface area contributed by atoms with Gasteiger partial charge in [0, 0.05) is 0 Å². The molecule has 0 amide bonds. The van der Waals surface area contributed by atoms with Crippen molar-refractivity contribution in [3.05, 3.63) is 29.3 Å². The smallest absolute Gasteiger partial charge is 0.234 e. The summed E-state index contributed by atoms with van der Waals surface area (Å²) in [6, 6.07) is 5.96. The topological polar surface area (TPSA) is 38.7 Å². The Bertz CT molecular complexity index is 354. The molecule has 0 atom stereocenters. The first-order chi connectivity index (χ1) is 6.77. The van der Waals surface area contributed by atoms with E-state index in [-0.39, 0.29) is 0 Å². The standard InChI is InChI=1S/C11H13NO2/c1-9-3-4-11(14-2)10(7-9)5-6-12-8-13/h3-4,7H,5-6H2,1-2H3. The zero-order chi connectivity index (χ0) is 10.4. The molecule has 0 unspecified atom stereocenters. The highest BCUT2D eigenvalue weighted by atomic mass is 16.5. The van der Waals surface area contributed by atoms with Gasteiger partial charge in [-0.2, -0.15) is 0 Å². The minimum Gasteiger partial charge on any atom is -0.496 e. The molecule has 14 heavy (non-hydrogen) atoms. The Kier molecular flexibility index (Phi) is 3.89. The molecule has 0 saturated carbocycles. The zero-order valence-corrected chi connectivity index (χ0v) is 8.41. The largest absolute Gasteiger partial charge is 0.496 e. The maximum absolute atomic E-state index is 9.89. The zero-order valence-electron chi connectivity index (χ0n) is 8.41. The predicted octanol–water partition coefficient (Wildman–Crippen LogP) is 1.88. The van der Waals surface area contributed by atoms with Crippen LogP contribution in [0.15, 0.2) is 23.2 Å². The quantitative estimate of drug-likeness (QED) is 0.538. The number of methoxy groups -OCH3 is 1. The van der Waals surface area contributed by atoms with Crippen molar-refractivity contribution < 1.29 is 9.53 Å². The molecular weight excluding hydrogens is 178 g/mol. The van der Waals surface area contributed by atoms with Crippen LogP contribution >= 0.6 is 0 Å². The molecule has 0 N–H and O–H groups in total. The maximum Gasteiger partial charge on any atom is 0.234 e. The van der Waals surface area contributed by atoms with Crippen molar-refractivity contribution in [1.29, 1.82) is 0 Å². The first-order valence-corrected chi connectivity index (χ1v) is 4.45. The summed E-state index contributed by atoms with van der Waals surface area (Å²) in [6.45, 7) is 2.48. The third-order valence-electron chi connectivity index (χ3n) is 1.99. The molecule has 0 aliphatic rings. The molecule has 3 heteroatoms. The molecule has 74 valence electrons. The summed E-state index contributed by atoms with van der Waals surface area (Å²) < 4.78 is 5.19. The van der Waals surface area contributed by atoms with Crippen molar-refractivity contribution in [2.24, 2.45) is 4.99 Å². The first-order valence-electron chi connectivity index (χ1n) is 4.45. The third-order valence-corrected chi connectivity index (χ3v) is 1.99. The molecule has 1 rings (SSSR count). The van der Waals surface area contributed by atoms with E-state index in [1.807, 2.05) is 25.1 Å². The molecule has 0 aromatic heterocycles. The number of aryl methyl sites for hydroxylation is 1. The van der Waals surface area contributed by atoms with Gasteiger partial charge in [-0.3, -0.25) is 0 Å². The van der Waals surface area contributed by atoms with E-state index in [4.69, 9.17) is 4.74 Å². The number of benzene rings is 1. The van der Waals surface area contributed by atoms with Gasteiger partial charge in [0.05, 0.1) is 13.7 Å². The number of hydrogen-bond donors (Lipinski definition) is 0. The first kappa shape index (κ1) is 10.5. The number of nitrogens with zero attached hydrogens (tertiary/aromatic N) is 1. The molecule has 0 heterocycles. The lowest BCUT2D eigenvalue weighted by Gasteiger charge is -2.07. The van der Waals surface area contributed by atoms with Crippen molar-refractivity contribution in [1.82, 2.24) is 0 Å². The number of aliphatic imine (C=N–C) groups is 1. The van der Waals surface area contributed by atoms with Gasteiger partial charge in [0.2, 0.25) is 6.08 Å². The number of isocyanates is 1. The maximum atomic E-state index is 9.89. The van der Waals surface area contributed by atoms with Gasteiger partial charge < -0.3 is 4.74 Å². The monoisotopic (exact) mass is 191 g/mol. The minimum atomic E-state index is 0.462. The summed E-state index contributed by atoms with van der Waals surface area (Å²) in [4.78, 5) is 13.4. The van der Waals surface area contributed by atoms with Crippen LogP contribution in [0, 0.1) is 6.92 Å². The molecule has 1 aromatic rings. The SMILES string of the molecule is COc1ccc(C)cc1CCN=C=O. The van der Waals surface area contributed by atoms with Crippen molar-refractivity contribution in [3.8, 4) is 5.75 Å². The number of hydrogen-bond acceptors (Lipinski definition) is 3. The highest BCUT2D eigenvalue weighted by Gasteiger charge is 2.01. The van der Waals surface area contributed by atoms with Crippen LogP contribution in [0.3, 0.4) is 0 Å². The van der Waals surface area contributed by atoms with Crippen LogP contribution in [-0.2, 0) is 11.2 Å². The number of rotatable bonds is 4. The van der Waals surface area contributed by atoms with E-state index in [2.05, 4.69) is 4.99 Å². The summed E-state index contributed by atoms with van der Waals surface area (Å²) in [7, 11) is 1.64. The second kappa shape index (κ2) is 5.20. The predicted molar refractivity (Wildman–Crippen MR) is 54.4 cm³/mol. The normalized spacial score (nSPS) is 9.29. The van der Waals surface area contributed by atoms with Gasteiger partial charge >= 0.3 is 0 Å². The van der Waals surface area contributed by atoms with Gasteiger partial charge in [0.15, 0.2) is 0 Å². The highest BCUT2D eigenvalue weighted by molar-refractivity contribution is 5.38. The summed E-state index contributed by atoms with van der Waals surface area (Å²) in [5, 5.41) is 0. The Balaban J connectivity index is 2.81. The average Bonchev–Trinajstić information content (AvgIpc) is 2.19. The van der Waals surface area contributed by atoms with E-state index in [0.717, 1.165) is 11.3 Å². The molecule has 0 fully saturated rings.